The van der Waals surface area contributed by atoms with E-state index < -0.39 is 4.92 Å². The summed E-state index contributed by atoms with van der Waals surface area (Å²) in [5, 5.41) is 11.0. The first kappa shape index (κ1) is 14.5. The molecule has 0 heterocycles. The van der Waals surface area contributed by atoms with Crippen LogP contribution in [0, 0.1) is 30.9 Å². The molecular weight excluding hydrogens is 322 g/mol. The minimum absolute atomic E-state index is 0.0335. The zero-order chi connectivity index (χ0) is 14.9. The average Bonchev–Trinajstić information content (AvgIpc) is 2.35. The zero-order valence-electron chi connectivity index (χ0n) is 11.4. The molecule has 20 heavy (non-hydrogen) atoms. The lowest BCUT2D eigenvalue weighted by molar-refractivity contribution is -0.385. The SMILES string of the molecule is Cc1ccc([N+](=O)[O-])c(Oc2cc(C)c(Br)c(C)c2)c1. The van der Waals surface area contributed by atoms with E-state index in [9.17, 15) is 10.1 Å². The highest BCUT2D eigenvalue weighted by Gasteiger charge is 2.16. The monoisotopic (exact) mass is 335 g/mol. The van der Waals surface area contributed by atoms with Gasteiger partial charge in [0.05, 0.1) is 4.92 Å². The summed E-state index contributed by atoms with van der Waals surface area (Å²) in [5.41, 5.74) is 2.93. The van der Waals surface area contributed by atoms with Crippen molar-refractivity contribution in [2.45, 2.75) is 20.8 Å². The Hall–Kier alpha value is -1.88. The van der Waals surface area contributed by atoms with Gasteiger partial charge in [0, 0.05) is 10.5 Å². The number of halogens is 1. The second-order valence-corrected chi connectivity index (χ2v) is 5.49. The summed E-state index contributed by atoms with van der Waals surface area (Å²) < 4.78 is 6.72. The van der Waals surface area contributed by atoms with Crippen molar-refractivity contribution in [2.75, 3.05) is 0 Å². The maximum atomic E-state index is 11.0. The molecule has 0 N–H and O–H groups in total. The van der Waals surface area contributed by atoms with Crippen molar-refractivity contribution in [3.63, 3.8) is 0 Å². The summed E-state index contributed by atoms with van der Waals surface area (Å²) in [6, 6.07) is 8.53. The van der Waals surface area contributed by atoms with Gasteiger partial charge in [-0.15, -0.1) is 0 Å². The van der Waals surface area contributed by atoms with E-state index in [1.54, 1.807) is 12.1 Å². The Morgan fingerprint density at radius 2 is 1.70 bits per heavy atom. The lowest BCUT2D eigenvalue weighted by Crippen LogP contribution is -1.95. The molecular formula is C15H14BrNO3. The summed E-state index contributed by atoms with van der Waals surface area (Å²) in [6.45, 7) is 5.78. The molecule has 0 unspecified atom stereocenters. The minimum Gasteiger partial charge on any atom is -0.450 e. The number of hydrogen-bond donors (Lipinski definition) is 0. The molecule has 0 aliphatic carbocycles. The molecule has 4 nitrogen and oxygen atoms in total. The fourth-order valence-electron chi connectivity index (χ4n) is 1.95. The summed E-state index contributed by atoms with van der Waals surface area (Å²) in [5.74, 6) is 0.855. The smallest absolute Gasteiger partial charge is 0.311 e. The third kappa shape index (κ3) is 2.99. The van der Waals surface area contributed by atoms with Gasteiger partial charge in [-0.2, -0.15) is 0 Å². The first-order chi connectivity index (χ1) is 9.38. The molecule has 104 valence electrons. The molecule has 0 aliphatic heterocycles. The van der Waals surface area contributed by atoms with Crippen LogP contribution in [0.5, 0.6) is 11.5 Å². The molecule has 0 atom stereocenters. The number of ether oxygens (including phenoxy) is 1. The lowest BCUT2D eigenvalue weighted by atomic mass is 10.1. The van der Waals surface area contributed by atoms with Crippen LogP contribution in [0.4, 0.5) is 5.69 Å². The van der Waals surface area contributed by atoms with Gasteiger partial charge in [-0.25, -0.2) is 0 Å². The molecule has 0 aromatic heterocycles. The molecule has 0 fully saturated rings. The summed E-state index contributed by atoms with van der Waals surface area (Å²) in [6.07, 6.45) is 0. The fraction of sp³-hybridized carbons (Fsp3) is 0.200. The quantitative estimate of drug-likeness (QED) is 0.580. The summed E-state index contributed by atoms with van der Waals surface area (Å²) in [4.78, 5) is 10.6. The minimum atomic E-state index is -0.437. The van der Waals surface area contributed by atoms with Gasteiger partial charge in [0.1, 0.15) is 5.75 Å². The van der Waals surface area contributed by atoms with Gasteiger partial charge < -0.3 is 4.74 Å². The van der Waals surface area contributed by atoms with Crippen molar-refractivity contribution < 1.29 is 9.66 Å². The van der Waals surface area contributed by atoms with E-state index >= 15 is 0 Å². The molecule has 0 spiro atoms. The van der Waals surface area contributed by atoms with Gasteiger partial charge in [0.2, 0.25) is 5.75 Å². The lowest BCUT2D eigenvalue weighted by Gasteiger charge is -2.10. The largest absolute Gasteiger partial charge is 0.450 e. The molecule has 2 aromatic rings. The van der Waals surface area contributed by atoms with Crippen molar-refractivity contribution in [1.82, 2.24) is 0 Å². The number of aryl methyl sites for hydroxylation is 3. The number of nitro benzene ring substituents is 1. The molecule has 0 amide bonds. The number of nitrogens with zero attached hydrogens (tertiary/aromatic N) is 1. The molecule has 0 bridgehead atoms. The first-order valence-corrected chi connectivity index (χ1v) is 6.87. The highest BCUT2D eigenvalue weighted by atomic mass is 79.9. The van der Waals surface area contributed by atoms with Gasteiger partial charge in [-0.3, -0.25) is 10.1 Å². The van der Waals surface area contributed by atoms with E-state index in [2.05, 4.69) is 15.9 Å². The Labute approximate surface area is 125 Å². The van der Waals surface area contributed by atoms with Crippen molar-refractivity contribution in [3.8, 4) is 11.5 Å². The molecule has 0 saturated heterocycles. The average molecular weight is 336 g/mol. The van der Waals surface area contributed by atoms with Crippen LogP contribution in [-0.2, 0) is 0 Å². The molecule has 5 heteroatoms. The first-order valence-electron chi connectivity index (χ1n) is 6.08. The van der Waals surface area contributed by atoms with E-state index in [-0.39, 0.29) is 11.4 Å². The van der Waals surface area contributed by atoms with Gasteiger partial charge >= 0.3 is 5.69 Å². The molecule has 2 aromatic carbocycles. The van der Waals surface area contributed by atoms with Crippen molar-refractivity contribution >= 4 is 21.6 Å². The van der Waals surface area contributed by atoms with Crippen LogP contribution in [0.25, 0.3) is 0 Å². The van der Waals surface area contributed by atoms with Crippen LogP contribution in [0.15, 0.2) is 34.8 Å². The summed E-state index contributed by atoms with van der Waals surface area (Å²) >= 11 is 3.48. The maximum absolute atomic E-state index is 11.0. The van der Waals surface area contributed by atoms with Crippen LogP contribution in [-0.4, -0.2) is 4.92 Å². The molecule has 0 saturated carbocycles. The maximum Gasteiger partial charge on any atom is 0.311 e. The number of nitro groups is 1. The standard InChI is InChI=1S/C15H14BrNO3/c1-9-4-5-13(17(18)19)14(6-9)20-12-7-10(2)15(16)11(3)8-12/h4-8H,1-3H3. The van der Waals surface area contributed by atoms with Gasteiger partial charge in [-0.1, -0.05) is 22.0 Å². The predicted molar refractivity (Wildman–Crippen MR) is 81.5 cm³/mol. The van der Waals surface area contributed by atoms with E-state index in [1.807, 2.05) is 32.9 Å². The van der Waals surface area contributed by atoms with E-state index in [4.69, 9.17) is 4.74 Å². The molecule has 0 aliphatic rings. The Bertz CT molecular complexity index is 660. The second kappa shape index (κ2) is 5.63. The predicted octanol–water partition coefficient (Wildman–Crippen LogP) is 5.07. The van der Waals surface area contributed by atoms with Gasteiger partial charge in [0.15, 0.2) is 0 Å². The summed E-state index contributed by atoms with van der Waals surface area (Å²) in [7, 11) is 0. The number of benzene rings is 2. The van der Waals surface area contributed by atoms with Crippen LogP contribution < -0.4 is 4.74 Å². The second-order valence-electron chi connectivity index (χ2n) is 4.70. The Balaban J connectivity index is 2.44. The van der Waals surface area contributed by atoms with Crippen molar-refractivity contribution in [1.29, 1.82) is 0 Å². The fourth-order valence-corrected chi connectivity index (χ4v) is 2.17. The highest BCUT2D eigenvalue weighted by Crippen LogP contribution is 2.34. The molecule has 2 rings (SSSR count). The van der Waals surface area contributed by atoms with Crippen LogP contribution in [0.2, 0.25) is 0 Å². The highest BCUT2D eigenvalue weighted by molar-refractivity contribution is 9.10. The third-order valence-electron chi connectivity index (χ3n) is 2.95. The van der Waals surface area contributed by atoms with Crippen LogP contribution >= 0.6 is 15.9 Å². The van der Waals surface area contributed by atoms with E-state index in [0.717, 1.165) is 21.2 Å². The van der Waals surface area contributed by atoms with Crippen LogP contribution in [0.3, 0.4) is 0 Å². The van der Waals surface area contributed by atoms with E-state index in [1.165, 1.54) is 6.07 Å². The van der Waals surface area contributed by atoms with E-state index in [0.29, 0.717) is 5.75 Å². The van der Waals surface area contributed by atoms with Crippen molar-refractivity contribution in [2.24, 2.45) is 0 Å². The number of rotatable bonds is 3. The van der Waals surface area contributed by atoms with Gasteiger partial charge in [-0.05, 0) is 55.7 Å². The Morgan fingerprint density at radius 1 is 1.10 bits per heavy atom. The van der Waals surface area contributed by atoms with Gasteiger partial charge in [0.25, 0.3) is 0 Å². The topological polar surface area (TPSA) is 52.4 Å². The number of hydrogen-bond acceptors (Lipinski definition) is 3. The Kier molecular flexibility index (Phi) is 4.09. The normalized spacial score (nSPS) is 10.4. The third-order valence-corrected chi connectivity index (χ3v) is 4.20. The Morgan fingerprint density at radius 3 is 2.25 bits per heavy atom. The van der Waals surface area contributed by atoms with Crippen LogP contribution in [0.1, 0.15) is 16.7 Å². The molecule has 0 radical (unpaired) electrons. The zero-order valence-corrected chi connectivity index (χ0v) is 13.0. The van der Waals surface area contributed by atoms with Crippen molar-refractivity contribution in [3.05, 3.63) is 61.6 Å².